The lowest BCUT2D eigenvalue weighted by Crippen LogP contribution is -2.42. The summed E-state index contributed by atoms with van der Waals surface area (Å²) in [4.78, 5) is 16.8. The topological polar surface area (TPSA) is 50.7 Å². The first-order valence-corrected chi connectivity index (χ1v) is 10.3. The van der Waals surface area contributed by atoms with Crippen LogP contribution in [0.4, 0.5) is 9.18 Å². The zero-order chi connectivity index (χ0) is 19.4. The minimum absolute atomic E-state index is 0.225. The fourth-order valence-electron chi connectivity index (χ4n) is 3.50. The summed E-state index contributed by atoms with van der Waals surface area (Å²) in [5.74, 6) is 0.892. The van der Waals surface area contributed by atoms with Crippen molar-refractivity contribution in [2.45, 2.75) is 65.0 Å². The summed E-state index contributed by atoms with van der Waals surface area (Å²) < 4.78 is 19.7. The Labute approximate surface area is 160 Å². The lowest BCUT2D eigenvalue weighted by molar-refractivity contribution is 0.0564. The number of fused-ring (bicyclic) bond motifs is 1. The molecule has 1 aliphatic heterocycles. The highest BCUT2D eigenvalue weighted by Crippen LogP contribution is 2.51. The van der Waals surface area contributed by atoms with Crippen LogP contribution < -0.4 is 5.32 Å². The Morgan fingerprint density at radius 3 is 2.69 bits per heavy atom. The van der Waals surface area contributed by atoms with Gasteiger partial charge in [-0.05, 0) is 45.6 Å². The van der Waals surface area contributed by atoms with Gasteiger partial charge in [0.25, 0.3) is 0 Å². The first-order chi connectivity index (χ1) is 12.3. The monoisotopic (exact) mass is 380 g/mol. The summed E-state index contributed by atoms with van der Waals surface area (Å²) in [6.07, 6.45) is 2.33. The van der Waals surface area contributed by atoms with Crippen molar-refractivity contribution < 1.29 is 13.9 Å². The van der Waals surface area contributed by atoms with Crippen LogP contribution in [0.3, 0.4) is 0 Å². The van der Waals surface area contributed by atoms with Crippen molar-refractivity contribution >= 4 is 23.0 Å². The number of hydrogen-bond acceptors (Lipinski definition) is 4. The lowest BCUT2D eigenvalue weighted by Gasteiger charge is -2.36. The maximum atomic E-state index is 14.4. The number of aliphatic imine (C=N–C) groups is 1. The van der Waals surface area contributed by atoms with Crippen molar-refractivity contribution in [3.63, 3.8) is 0 Å². The second-order valence-electron chi connectivity index (χ2n) is 7.35. The van der Waals surface area contributed by atoms with Gasteiger partial charge in [0.2, 0.25) is 0 Å². The standard InChI is InChI=1S/C18H23FN2O2S.C2H6/c1-17(2,3)23-16(22)20-15-21-18(10-6-7-12(18)11-24-15)13-8-4-5-9-14(13)19;1-2/h4-5,8-9,12H,6-7,10-11H2,1-3H3,(H,20,21,22);1-2H3/t12?,18-;/m0./s1. The Bertz CT molecular complexity index is 672. The van der Waals surface area contributed by atoms with E-state index >= 15 is 0 Å². The Hall–Kier alpha value is -1.56. The second-order valence-corrected chi connectivity index (χ2v) is 8.36. The molecule has 1 saturated carbocycles. The van der Waals surface area contributed by atoms with Crippen LogP contribution in [0.5, 0.6) is 0 Å². The van der Waals surface area contributed by atoms with Crippen LogP contribution in [0, 0.1) is 11.7 Å². The van der Waals surface area contributed by atoms with E-state index in [1.165, 1.54) is 17.8 Å². The summed E-state index contributed by atoms with van der Waals surface area (Å²) in [5.41, 5.74) is -0.499. The van der Waals surface area contributed by atoms with E-state index in [0.29, 0.717) is 16.6 Å². The molecule has 0 spiro atoms. The van der Waals surface area contributed by atoms with Crippen molar-refractivity contribution in [1.82, 2.24) is 5.32 Å². The van der Waals surface area contributed by atoms with Crippen LogP contribution >= 0.6 is 11.8 Å². The summed E-state index contributed by atoms with van der Waals surface area (Å²) >= 11 is 1.51. The lowest BCUT2D eigenvalue weighted by atomic mass is 9.81. The largest absolute Gasteiger partial charge is 0.444 e. The highest BCUT2D eigenvalue weighted by atomic mass is 32.2. The normalized spacial score (nSPS) is 24.7. The predicted molar refractivity (Wildman–Crippen MR) is 106 cm³/mol. The fourth-order valence-corrected chi connectivity index (χ4v) is 4.69. The number of ether oxygens (including phenoxy) is 1. The average molecular weight is 381 g/mol. The predicted octanol–water partition coefficient (Wildman–Crippen LogP) is 5.47. The third-order valence-corrected chi connectivity index (χ3v) is 5.49. The molecule has 0 saturated heterocycles. The van der Waals surface area contributed by atoms with Crippen LogP contribution in [-0.4, -0.2) is 22.6 Å². The van der Waals surface area contributed by atoms with Gasteiger partial charge in [0.1, 0.15) is 11.4 Å². The summed E-state index contributed by atoms with van der Waals surface area (Å²) in [5, 5.41) is 3.25. The van der Waals surface area contributed by atoms with E-state index in [9.17, 15) is 9.18 Å². The van der Waals surface area contributed by atoms with Crippen molar-refractivity contribution in [3.05, 3.63) is 35.6 Å². The molecule has 1 aromatic carbocycles. The smallest absolute Gasteiger partial charge is 0.413 e. The van der Waals surface area contributed by atoms with Gasteiger partial charge in [-0.1, -0.05) is 50.2 Å². The summed E-state index contributed by atoms with van der Waals surface area (Å²) in [6, 6.07) is 6.84. The number of hydrogen-bond donors (Lipinski definition) is 1. The van der Waals surface area contributed by atoms with Gasteiger partial charge in [-0.3, -0.25) is 10.3 Å². The number of rotatable bonds is 1. The van der Waals surface area contributed by atoms with E-state index in [4.69, 9.17) is 9.73 Å². The molecule has 1 heterocycles. The number of alkyl carbamates (subject to hydrolysis) is 1. The number of nitrogens with zero attached hydrogens (tertiary/aromatic N) is 1. The van der Waals surface area contributed by atoms with E-state index in [-0.39, 0.29) is 5.82 Å². The number of amidine groups is 1. The number of amides is 1. The van der Waals surface area contributed by atoms with Gasteiger partial charge < -0.3 is 4.74 Å². The third kappa shape index (κ3) is 4.58. The van der Waals surface area contributed by atoms with Crippen LogP contribution in [0.1, 0.15) is 59.4 Å². The minimum Gasteiger partial charge on any atom is -0.444 e. The summed E-state index contributed by atoms with van der Waals surface area (Å²) in [7, 11) is 0. The molecule has 0 bridgehead atoms. The van der Waals surface area contributed by atoms with Crippen molar-refractivity contribution in [3.8, 4) is 0 Å². The van der Waals surface area contributed by atoms with Crippen molar-refractivity contribution in [2.24, 2.45) is 10.9 Å². The van der Waals surface area contributed by atoms with Gasteiger partial charge in [-0.15, -0.1) is 0 Å². The first-order valence-electron chi connectivity index (χ1n) is 9.28. The molecule has 2 aliphatic rings. The third-order valence-electron chi connectivity index (χ3n) is 4.46. The Morgan fingerprint density at radius 1 is 1.35 bits per heavy atom. The highest BCUT2D eigenvalue weighted by molar-refractivity contribution is 8.13. The Balaban J connectivity index is 0.00000117. The molecule has 144 valence electrons. The highest BCUT2D eigenvalue weighted by Gasteiger charge is 2.48. The molecule has 4 nitrogen and oxygen atoms in total. The van der Waals surface area contributed by atoms with Crippen LogP contribution in [-0.2, 0) is 10.3 Å². The van der Waals surface area contributed by atoms with Gasteiger partial charge in [0, 0.05) is 11.3 Å². The van der Waals surface area contributed by atoms with Gasteiger partial charge >= 0.3 is 6.09 Å². The molecule has 1 aliphatic carbocycles. The molecule has 1 aromatic rings. The Kier molecular flexibility index (Phi) is 6.72. The van der Waals surface area contributed by atoms with E-state index < -0.39 is 17.2 Å². The molecule has 1 unspecified atom stereocenters. The number of carbonyl (C=O) groups excluding carboxylic acids is 1. The quantitative estimate of drug-likeness (QED) is 0.702. The SMILES string of the molecule is CC.CC(C)(C)OC(=O)NC1=N[C@@]2(c3ccccc3F)CCCC2CS1. The number of nitrogens with one attached hydrogen (secondary N) is 1. The molecule has 26 heavy (non-hydrogen) atoms. The fraction of sp³-hybridized carbons (Fsp3) is 0.600. The van der Waals surface area contributed by atoms with Gasteiger partial charge in [0.05, 0.1) is 5.54 Å². The van der Waals surface area contributed by atoms with E-state index in [0.717, 1.165) is 25.0 Å². The molecule has 1 fully saturated rings. The van der Waals surface area contributed by atoms with Gasteiger partial charge in [-0.25, -0.2) is 9.18 Å². The molecule has 6 heteroatoms. The molecule has 1 N–H and O–H groups in total. The maximum absolute atomic E-state index is 14.4. The minimum atomic E-state index is -0.569. The maximum Gasteiger partial charge on any atom is 0.413 e. The number of halogens is 1. The molecule has 2 atom stereocenters. The molecule has 1 amide bonds. The van der Waals surface area contributed by atoms with E-state index in [1.54, 1.807) is 6.07 Å². The number of carbonyl (C=O) groups is 1. The number of benzene rings is 1. The number of thioether (sulfide) groups is 1. The molecule has 0 aromatic heterocycles. The molecule has 0 radical (unpaired) electrons. The van der Waals surface area contributed by atoms with Crippen molar-refractivity contribution in [2.75, 3.05) is 5.75 Å². The molecule has 3 rings (SSSR count). The van der Waals surface area contributed by atoms with Gasteiger partial charge in [0.15, 0.2) is 5.17 Å². The van der Waals surface area contributed by atoms with Gasteiger partial charge in [-0.2, -0.15) is 0 Å². The average Bonchev–Trinajstić information content (AvgIpc) is 2.99. The van der Waals surface area contributed by atoms with E-state index in [1.807, 2.05) is 46.8 Å². The zero-order valence-electron chi connectivity index (χ0n) is 16.3. The molecular weight excluding hydrogens is 351 g/mol. The van der Waals surface area contributed by atoms with Crippen molar-refractivity contribution in [1.29, 1.82) is 0 Å². The second kappa shape index (κ2) is 8.42. The van der Waals surface area contributed by atoms with Crippen LogP contribution in [0.25, 0.3) is 0 Å². The first kappa shape index (κ1) is 20.7. The summed E-state index contributed by atoms with van der Waals surface area (Å²) in [6.45, 7) is 9.45. The van der Waals surface area contributed by atoms with Crippen LogP contribution in [0.2, 0.25) is 0 Å². The molecular formula is C20H29FN2O2S. The zero-order valence-corrected chi connectivity index (χ0v) is 17.1. The van der Waals surface area contributed by atoms with E-state index in [2.05, 4.69) is 5.32 Å². The Morgan fingerprint density at radius 2 is 2.04 bits per heavy atom. The van der Waals surface area contributed by atoms with Crippen LogP contribution in [0.15, 0.2) is 29.3 Å².